The molecule has 0 aliphatic carbocycles. The number of hydrogen-bond donors (Lipinski definition) is 0. The van der Waals surface area contributed by atoms with Crippen molar-refractivity contribution in [3.8, 4) is 0 Å². The zero-order chi connectivity index (χ0) is 47.9. The third-order valence-corrected chi connectivity index (χ3v) is 12.6. The first-order chi connectivity index (χ1) is 32.5. The van der Waals surface area contributed by atoms with Crippen LogP contribution in [0.15, 0.2) is 48.6 Å². The highest BCUT2D eigenvalue weighted by Crippen LogP contribution is 2.17. The van der Waals surface area contributed by atoms with Crippen LogP contribution in [-0.4, -0.2) is 37.2 Å². The Morgan fingerprint density at radius 1 is 0.318 bits per heavy atom. The fourth-order valence-electron chi connectivity index (χ4n) is 8.32. The van der Waals surface area contributed by atoms with E-state index in [1.54, 1.807) is 0 Å². The van der Waals surface area contributed by atoms with E-state index < -0.39 is 6.10 Å². The van der Waals surface area contributed by atoms with Gasteiger partial charge in [-0.15, -0.1) is 0 Å². The van der Waals surface area contributed by atoms with Crippen LogP contribution in [0.5, 0.6) is 0 Å². The molecule has 0 aromatic rings. The van der Waals surface area contributed by atoms with Gasteiger partial charge in [0.2, 0.25) is 0 Å². The monoisotopic (exact) mass is 925 g/mol. The molecule has 0 radical (unpaired) electrons. The number of allylic oxidation sites excluding steroid dienone is 8. The Balaban J connectivity index is 4.08. The first-order valence-corrected chi connectivity index (χ1v) is 28.6. The summed E-state index contributed by atoms with van der Waals surface area (Å²) < 4.78 is 16.8. The van der Waals surface area contributed by atoms with Gasteiger partial charge in [0.05, 0.1) is 0 Å². The van der Waals surface area contributed by atoms with E-state index in [4.69, 9.17) is 14.2 Å². The van der Waals surface area contributed by atoms with Gasteiger partial charge in [-0.3, -0.25) is 14.4 Å². The van der Waals surface area contributed by atoms with E-state index in [9.17, 15) is 14.4 Å². The summed E-state index contributed by atoms with van der Waals surface area (Å²) in [7, 11) is 0. The van der Waals surface area contributed by atoms with Crippen molar-refractivity contribution in [2.75, 3.05) is 13.2 Å². The van der Waals surface area contributed by atoms with E-state index in [0.717, 1.165) is 83.5 Å². The summed E-state index contributed by atoms with van der Waals surface area (Å²) in [6.07, 6.45) is 67.0. The molecule has 0 aliphatic heterocycles. The molecule has 0 spiro atoms. The summed E-state index contributed by atoms with van der Waals surface area (Å²) in [4.78, 5) is 37.9. The Morgan fingerprint density at radius 3 is 0.924 bits per heavy atom. The Hall–Kier alpha value is -2.63. The predicted molar refractivity (Wildman–Crippen MR) is 284 cm³/mol. The molecule has 1 atom stereocenters. The molecule has 0 bridgehead atoms. The third-order valence-electron chi connectivity index (χ3n) is 12.6. The van der Waals surface area contributed by atoms with Crippen LogP contribution in [0.3, 0.4) is 0 Å². The molecule has 0 rings (SSSR count). The molecular formula is C60H108O6. The lowest BCUT2D eigenvalue weighted by molar-refractivity contribution is -0.167. The van der Waals surface area contributed by atoms with Crippen LogP contribution in [0.25, 0.3) is 0 Å². The molecule has 384 valence electrons. The van der Waals surface area contributed by atoms with Crippen LogP contribution in [0.2, 0.25) is 0 Å². The van der Waals surface area contributed by atoms with E-state index in [1.165, 1.54) is 173 Å². The van der Waals surface area contributed by atoms with Crippen LogP contribution < -0.4 is 0 Å². The lowest BCUT2D eigenvalue weighted by Crippen LogP contribution is -2.30. The standard InChI is InChI=1S/C60H108O6/c1-4-7-10-13-16-18-20-22-24-25-26-27-28-29-30-31-32-33-34-35-36-38-39-41-44-47-50-53-59(62)65-56-57(55-64-58(61)52-49-46-43-15-12-9-6-3)66-60(63)54-51-48-45-42-40-37-23-21-19-17-14-11-8-5-2/h7,10,16,18,22,24,26-27,57H,4-6,8-9,11-15,17,19-21,23,25,28-56H2,1-3H3/b10-7-,18-16-,24-22-,27-26-. The quantitative estimate of drug-likeness (QED) is 0.0262. The maximum absolute atomic E-state index is 12.8. The van der Waals surface area contributed by atoms with Gasteiger partial charge in [0.1, 0.15) is 13.2 Å². The Morgan fingerprint density at radius 2 is 0.591 bits per heavy atom. The maximum Gasteiger partial charge on any atom is 0.306 e. The zero-order valence-corrected chi connectivity index (χ0v) is 44.0. The molecular weight excluding hydrogens is 817 g/mol. The van der Waals surface area contributed by atoms with Crippen LogP contribution in [0.4, 0.5) is 0 Å². The van der Waals surface area contributed by atoms with Gasteiger partial charge in [-0.1, -0.05) is 268 Å². The minimum Gasteiger partial charge on any atom is -0.462 e. The van der Waals surface area contributed by atoms with Crippen LogP contribution >= 0.6 is 0 Å². The number of ether oxygens (including phenoxy) is 3. The Labute approximate surface area is 409 Å². The van der Waals surface area contributed by atoms with E-state index in [1.807, 2.05) is 0 Å². The molecule has 0 N–H and O–H groups in total. The molecule has 66 heavy (non-hydrogen) atoms. The number of carbonyl (C=O) groups is 3. The van der Waals surface area contributed by atoms with Crippen molar-refractivity contribution < 1.29 is 28.6 Å². The molecule has 0 aliphatic rings. The minimum absolute atomic E-state index is 0.0686. The van der Waals surface area contributed by atoms with Crippen molar-refractivity contribution >= 4 is 17.9 Å². The zero-order valence-electron chi connectivity index (χ0n) is 44.0. The largest absolute Gasteiger partial charge is 0.462 e. The van der Waals surface area contributed by atoms with E-state index in [-0.39, 0.29) is 31.1 Å². The number of rotatable bonds is 52. The normalized spacial score (nSPS) is 12.3. The summed E-state index contributed by atoms with van der Waals surface area (Å²) >= 11 is 0. The molecule has 0 saturated carbocycles. The summed E-state index contributed by atoms with van der Waals surface area (Å²) in [5.74, 6) is -0.862. The average molecular weight is 926 g/mol. The van der Waals surface area contributed by atoms with E-state index in [0.29, 0.717) is 19.3 Å². The molecule has 0 aromatic heterocycles. The Kier molecular flexibility index (Phi) is 52.8. The van der Waals surface area contributed by atoms with Crippen LogP contribution in [0.1, 0.15) is 297 Å². The van der Waals surface area contributed by atoms with Gasteiger partial charge in [-0.05, 0) is 57.8 Å². The lowest BCUT2D eigenvalue weighted by Gasteiger charge is -2.18. The third kappa shape index (κ3) is 52.3. The first kappa shape index (κ1) is 63.4. The smallest absolute Gasteiger partial charge is 0.306 e. The predicted octanol–water partition coefficient (Wildman–Crippen LogP) is 19.0. The van der Waals surface area contributed by atoms with Crippen molar-refractivity contribution in [1.29, 1.82) is 0 Å². The topological polar surface area (TPSA) is 78.9 Å². The summed E-state index contributed by atoms with van der Waals surface area (Å²) in [5, 5.41) is 0. The number of esters is 3. The second kappa shape index (κ2) is 55.0. The molecule has 6 heteroatoms. The molecule has 1 unspecified atom stereocenters. The highest BCUT2D eigenvalue weighted by atomic mass is 16.6. The molecule has 0 fully saturated rings. The van der Waals surface area contributed by atoms with Crippen LogP contribution in [-0.2, 0) is 28.6 Å². The van der Waals surface area contributed by atoms with Crippen molar-refractivity contribution in [3.05, 3.63) is 48.6 Å². The van der Waals surface area contributed by atoms with Gasteiger partial charge < -0.3 is 14.2 Å². The first-order valence-electron chi connectivity index (χ1n) is 28.6. The fraction of sp³-hybridized carbons (Fsp3) is 0.817. The lowest BCUT2D eigenvalue weighted by atomic mass is 10.0. The van der Waals surface area contributed by atoms with Gasteiger partial charge in [0, 0.05) is 19.3 Å². The molecule has 0 aromatic carbocycles. The van der Waals surface area contributed by atoms with Crippen LogP contribution in [0, 0.1) is 0 Å². The van der Waals surface area contributed by atoms with Crippen molar-refractivity contribution in [3.63, 3.8) is 0 Å². The number of hydrogen-bond acceptors (Lipinski definition) is 6. The van der Waals surface area contributed by atoms with Gasteiger partial charge in [0.15, 0.2) is 6.10 Å². The van der Waals surface area contributed by atoms with E-state index >= 15 is 0 Å². The maximum atomic E-state index is 12.8. The number of unbranched alkanes of at least 4 members (excludes halogenated alkanes) is 33. The summed E-state index contributed by atoms with van der Waals surface area (Å²) in [6, 6.07) is 0. The molecule has 0 saturated heterocycles. The second-order valence-corrected chi connectivity index (χ2v) is 19.2. The highest BCUT2D eigenvalue weighted by Gasteiger charge is 2.19. The second-order valence-electron chi connectivity index (χ2n) is 19.2. The Bertz CT molecular complexity index is 1150. The van der Waals surface area contributed by atoms with Gasteiger partial charge >= 0.3 is 17.9 Å². The molecule has 6 nitrogen and oxygen atoms in total. The molecule has 0 heterocycles. The fourth-order valence-corrected chi connectivity index (χ4v) is 8.32. The summed E-state index contributed by atoms with van der Waals surface area (Å²) in [5.41, 5.74) is 0. The molecule has 0 amide bonds. The minimum atomic E-state index is -0.766. The van der Waals surface area contributed by atoms with Gasteiger partial charge in [-0.2, -0.15) is 0 Å². The average Bonchev–Trinajstić information content (AvgIpc) is 3.31. The number of carbonyl (C=O) groups excluding carboxylic acids is 3. The van der Waals surface area contributed by atoms with Gasteiger partial charge in [0.25, 0.3) is 0 Å². The van der Waals surface area contributed by atoms with Crippen molar-refractivity contribution in [2.45, 2.75) is 303 Å². The summed E-state index contributed by atoms with van der Waals surface area (Å²) in [6.45, 7) is 6.51. The highest BCUT2D eigenvalue weighted by molar-refractivity contribution is 5.71. The van der Waals surface area contributed by atoms with Gasteiger partial charge in [-0.25, -0.2) is 0 Å². The SMILES string of the molecule is CC/C=C\C/C=C\C/C=C\C/C=C\CCCCCCCCCCCCCCCCC(=O)OCC(COC(=O)CCCCCCCCC)OC(=O)CCCCCCCCCCCCCCCC. The van der Waals surface area contributed by atoms with Crippen molar-refractivity contribution in [2.24, 2.45) is 0 Å². The van der Waals surface area contributed by atoms with E-state index in [2.05, 4.69) is 69.4 Å². The van der Waals surface area contributed by atoms with Crippen molar-refractivity contribution in [1.82, 2.24) is 0 Å².